The lowest BCUT2D eigenvalue weighted by molar-refractivity contribution is -0.157. The van der Waals surface area contributed by atoms with Crippen molar-refractivity contribution in [2.24, 2.45) is 5.92 Å². The molecule has 1 aliphatic heterocycles. The highest BCUT2D eigenvalue weighted by Gasteiger charge is 2.40. The zero-order valence-electron chi connectivity index (χ0n) is 14.9. The molecule has 0 spiro atoms. The summed E-state index contributed by atoms with van der Waals surface area (Å²) < 4.78 is 37.5. The van der Waals surface area contributed by atoms with Crippen molar-refractivity contribution in [3.05, 3.63) is 60.2 Å². The molecule has 2 aromatic rings. The number of rotatable bonds is 6. The van der Waals surface area contributed by atoms with E-state index in [4.69, 9.17) is 0 Å². The highest BCUT2D eigenvalue weighted by Crippen LogP contribution is 2.30. The van der Waals surface area contributed by atoms with Gasteiger partial charge in [-0.1, -0.05) is 48.2 Å². The van der Waals surface area contributed by atoms with Crippen LogP contribution in [0.2, 0.25) is 0 Å². The molecule has 1 atom stereocenters. The minimum Gasteiger partial charge on any atom is -0.352 e. The van der Waals surface area contributed by atoms with E-state index in [0.29, 0.717) is 4.90 Å². The van der Waals surface area contributed by atoms with Crippen LogP contribution in [0.25, 0.3) is 0 Å². The number of alkyl halides is 3. The van der Waals surface area contributed by atoms with Crippen molar-refractivity contribution in [2.45, 2.75) is 28.9 Å². The number of carbonyl (C=O) groups excluding carboxylic acids is 2. The Morgan fingerprint density at radius 3 is 2.50 bits per heavy atom. The van der Waals surface area contributed by atoms with Crippen LogP contribution in [-0.4, -0.2) is 36.0 Å². The number of carbonyl (C=O) groups is 2. The fourth-order valence-corrected chi connectivity index (χ4v) is 3.97. The second-order valence-corrected chi connectivity index (χ2v) is 7.65. The van der Waals surface area contributed by atoms with Crippen LogP contribution >= 0.6 is 11.8 Å². The van der Waals surface area contributed by atoms with Gasteiger partial charge in [0.2, 0.25) is 11.8 Å². The van der Waals surface area contributed by atoms with E-state index in [1.54, 1.807) is 11.8 Å². The normalized spacial score (nSPS) is 17.0. The van der Waals surface area contributed by atoms with Crippen molar-refractivity contribution in [3.8, 4) is 0 Å². The molecule has 2 aromatic carbocycles. The summed E-state index contributed by atoms with van der Waals surface area (Å²) >= 11 is 1.57. The van der Waals surface area contributed by atoms with Gasteiger partial charge in [-0.05, 0) is 23.8 Å². The van der Waals surface area contributed by atoms with Gasteiger partial charge in [-0.15, -0.1) is 0 Å². The standard InChI is InChI=1S/C20H19F3N2O2S/c21-20(22,23)13-25-12-15(10-18(25)26)19(27)24-11-14-6-4-5-9-17(14)28-16-7-2-1-3-8-16/h1-9,15H,10-13H2,(H,24,27). The predicted octanol–water partition coefficient (Wildman–Crippen LogP) is 3.86. The van der Waals surface area contributed by atoms with Gasteiger partial charge in [-0.3, -0.25) is 9.59 Å². The lowest BCUT2D eigenvalue weighted by Gasteiger charge is -2.18. The van der Waals surface area contributed by atoms with E-state index in [9.17, 15) is 22.8 Å². The van der Waals surface area contributed by atoms with Crippen molar-refractivity contribution < 1.29 is 22.8 Å². The van der Waals surface area contributed by atoms with Crippen LogP contribution in [-0.2, 0) is 16.1 Å². The summed E-state index contributed by atoms with van der Waals surface area (Å²) in [6, 6.07) is 17.4. The molecular formula is C20H19F3N2O2S. The topological polar surface area (TPSA) is 49.4 Å². The average Bonchev–Trinajstić information content (AvgIpc) is 3.00. The fourth-order valence-electron chi connectivity index (χ4n) is 3.01. The van der Waals surface area contributed by atoms with Crippen molar-refractivity contribution in [3.63, 3.8) is 0 Å². The van der Waals surface area contributed by atoms with E-state index in [0.717, 1.165) is 15.4 Å². The van der Waals surface area contributed by atoms with Gasteiger partial charge in [0.1, 0.15) is 6.54 Å². The monoisotopic (exact) mass is 408 g/mol. The quantitative estimate of drug-likeness (QED) is 0.790. The maximum Gasteiger partial charge on any atom is 0.406 e. The van der Waals surface area contributed by atoms with Gasteiger partial charge in [-0.2, -0.15) is 13.2 Å². The van der Waals surface area contributed by atoms with Gasteiger partial charge in [0, 0.05) is 29.3 Å². The molecule has 0 aliphatic carbocycles. The second-order valence-electron chi connectivity index (χ2n) is 6.53. The van der Waals surface area contributed by atoms with E-state index < -0.39 is 30.5 Å². The lowest BCUT2D eigenvalue weighted by Crippen LogP contribution is -2.37. The largest absolute Gasteiger partial charge is 0.406 e. The molecule has 1 fully saturated rings. The Hall–Kier alpha value is -2.48. The molecule has 4 nitrogen and oxygen atoms in total. The van der Waals surface area contributed by atoms with Crippen molar-refractivity contribution >= 4 is 23.6 Å². The first-order valence-electron chi connectivity index (χ1n) is 8.75. The minimum atomic E-state index is -4.46. The Balaban J connectivity index is 1.59. The molecule has 1 aliphatic rings. The van der Waals surface area contributed by atoms with Crippen LogP contribution in [0.3, 0.4) is 0 Å². The van der Waals surface area contributed by atoms with Gasteiger partial charge in [0.05, 0.1) is 5.92 Å². The van der Waals surface area contributed by atoms with Crippen LogP contribution in [0, 0.1) is 5.92 Å². The summed E-state index contributed by atoms with van der Waals surface area (Å²) in [5.41, 5.74) is 0.904. The maximum atomic E-state index is 12.5. The Labute approximate surface area is 165 Å². The van der Waals surface area contributed by atoms with Gasteiger partial charge in [0.25, 0.3) is 0 Å². The van der Waals surface area contributed by atoms with E-state index in [2.05, 4.69) is 5.32 Å². The van der Waals surface area contributed by atoms with E-state index in [1.807, 2.05) is 54.6 Å². The van der Waals surface area contributed by atoms with Gasteiger partial charge in [-0.25, -0.2) is 0 Å². The highest BCUT2D eigenvalue weighted by atomic mass is 32.2. The predicted molar refractivity (Wildman–Crippen MR) is 99.6 cm³/mol. The Bertz CT molecular complexity index is 843. The van der Waals surface area contributed by atoms with Crippen LogP contribution in [0.1, 0.15) is 12.0 Å². The Morgan fingerprint density at radius 1 is 1.11 bits per heavy atom. The van der Waals surface area contributed by atoms with Gasteiger partial charge < -0.3 is 10.2 Å². The van der Waals surface area contributed by atoms with Gasteiger partial charge >= 0.3 is 6.18 Å². The first kappa shape index (κ1) is 20.3. The molecule has 1 unspecified atom stereocenters. The number of likely N-dealkylation sites (tertiary alicyclic amines) is 1. The smallest absolute Gasteiger partial charge is 0.352 e. The van der Waals surface area contributed by atoms with Crippen molar-refractivity contribution in [1.82, 2.24) is 10.2 Å². The molecule has 8 heteroatoms. The van der Waals surface area contributed by atoms with Crippen LogP contribution in [0.15, 0.2) is 64.4 Å². The summed E-state index contributed by atoms with van der Waals surface area (Å²) in [5.74, 6) is -1.81. The molecule has 0 radical (unpaired) electrons. The van der Waals surface area contributed by atoms with Crippen LogP contribution < -0.4 is 5.32 Å². The molecular weight excluding hydrogens is 389 g/mol. The molecule has 2 amide bonds. The Morgan fingerprint density at radius 2 is 1.79 bits per heavy atom. The Kier molecular flexibility index (Phi) is 6.28. The third-order valence-corrected chi connectivity index (χ3v) is 5.48. The number of benzene rings is 2. The summed E-state index contributed by atoms with van der Waals surface area (Å²) in [6.07, 6.45) is -4.66. The van der Waals surface area contributed by atoms with E-state index >= 15 is 0 Å². The molecule has 1 heterocycles. The lowest BCUT2D eigenvalue weighted by atomic mass is 10.1. The summed E-state index contributed by atoms with van der Waals surface area (Å²) in [6.45, 7) is -1.27. The molecule has 148 valence electrons. The minimum absolute atomic E-state index is 0.192. The molecule has 1 saturated heterocycles. The maximum absolute atomic E-state index is 12.5. The SMILES string of the molecule is O=C(NCc1ccccc1Sc1ccccc1)C1CC(=O)N(CC(F)(F)F)C1. The number of hydrogen-bond acceptors (Lipinski definition) is 3. The number of nitrogens with zero attached hydrogens (tertiary/aromatic N) is 1. The molecule has 0 saturated carbocycles. The zero-order chi connectivity index (χ0) is 20.1. The molecule has 28 heavy (non-hydrogen) atoms. The first-order valence-corrected chi connectivity index (χ1v) is 9.56. The van der Waals surface area contributed by atoms with Crippen molar-refractivity contribution in [1.29, 1.82) is 0 Å². The van der Waals surface area contributed by atoms with Crippen molar-refractivity contribution in [2.75, 3.05) is 13.1 Å². The molecule has 0 aromatic heterocycles. The van der Waals surface area contributed by atoms with E-state index in [1.165, 1.54) is 0 Å². The molecule has 1 N–H and O–H groups in total. The third kappa shape index (κ3) is 5.51. The highest BCUT2D eigenvalue weighted by molar-refractivity contribution is 7.99. The summed E-state index contributed by atoms with van der Waals surface area (Å²) in [4.78, 5) is 26.8. The summed E-state index contributed by atoms with van der Waals surface area (Å²) in [7, 11) is 0. The van der Waals surface area contributed by atoms with Crippen LogP contribution in [0.5, 0.6) is 0 Å². The number of halogens is 3. The number of nitrogens with one attached hydrogen (secondary N) is 1. The van der Waals surface area contributed by atoms with Gasteiger partial charge in [0.15, 0.2) is 0 Å². The van der Waals surface area contributed by atoms with E-state index in [-0.39, 0.29) is 19.5 Å². The third-order valence-electron chi connectivity index (χ3n) is 4.35. The molecule has 3 rings (SSSR count). The second kappa shape index (κ2) is 8.68. The summed E-state index contributed by atoms with van der Waals surface area (Å²) in [5, 5.41) is 2.76. The fraction of sp³-hybridized carbons (Fsp3) is 0.300. The molecule has 0 bridgehead atoms. The zero-order valence-corrected chi connectivity index (χ0v) is 15.7. The number of amides is 2. The first-order chi connectivity index (χ1) is 13.3. The van der Waals surface area contributed by atoms with Crippen LogP contribution in [0.4, 0.5) is 13.2 Å². The average molecular weight is 408 g/mol. The number of hydrogen-bond donors (Lipinski definition) is 1.